The van der Waals surface area contributed by atoms with Gasteiger partial charge in [0.1, 0.15) is 0 Å². The number of anilines is 2. The topological polar surface area (TPSA) is 70.6 Å². The van der Waals surface area contributed by atoms with Crippen molar-refractivity contribution in [2.75, 3.05) is 25.6 Å². The lowest BCUT2D eigenvalue weighted by Crippen LogP contribution is -2.34. The fourth-order valence-electron chi connectivity index (χ4n) is 1.55. The van der Waals surface area contributed by atoms with Crippen molar-refractivity contribution in [1.29, 1.82) is 0 Å². The number of nitrogens with one attached hydrogen (secondary N) is 3. The van der Waals surface area contributed by atoms with Crippen LogP contribution in [0.1, 0.15) is 4.88 Å². The normalized spacial score (nSPS) is 10.7. The number of nitrogens with zero attached hydrogens (tertiary/aromatic N) is 2. The van der Waals surface area contributed by atoms with E-state index in [9.17, 15) is 0 Å². The van der Waals surface area contributed by atoms with Crippen LogP contribution in [0.2, 0.25) is 5.15 Å². The first-order valence-corrected chi connectivity index (χ1v) is 8.33. The molecule has 23 heavy (non-hydrogen) atoms. The Labute approximate surface area is 148 Å². The third kappa shape index (κ3) is 6.11. The fraction of sp³-hybridized carbons (Fsp3) is 0.214. The number of para-hydroxylation sites is 1. The van der Waals surface area contributed by atoms with E-state index >= 15 is 0 Å². The lowest BCUT2D eigenvalue weighted by Gasteiger charge is -2.05. The number of hydrogen-bond acceptors (Lipinski definition) is 6. The molecule has 1 heterocycles. The van der Waals surface area contributed by atoms with Gasteiger partial charge in [0, 0.05) is 19.3 Å². The smallest absolute Gasteiger partial charge is 0.189 e. The van der Waals surface area contributed by atoms with E-state index in [1.54, 1.807) is 13.3 Å². The zero-order valence-corrected chi connectivity index (χ0v) is 14.8. The zero-order valence-electron chi connectivity index (χ0n) is 12.4. The van der Waals surface area contributed by atoms with Crippen molar-refractivity contribution < 1.29 is 4.74 Å². The maximum Gasteiger partial charge on any atom is 0.189 e. The molecule has 9 heteroatoms. The van der Waals surface area contributed by atoms with Crippen molar-refractivity contribution in [3.05, 3.63) is 40.4 Å². The number of ether oxygens (including phenoxy) is 1. The quantitative estimate of drug-likeness (QED) is 0.301. The van der Waals surface area contributed by atoms with Gasteiger partial charge < -0.3 is 15.4 Å². The Morgan fingerprint density at radius 2 is 2.22 bits per heavy atom. The van der Waals surface area contributed by atoms with Crippen LogP contribution in [-0.2, 0) is 4.74 Å². The molecule has 0 aliphatic heterocycles. The number of rotatable bonds is 7. The Balaban J connectivity index is 1.88. The van der Waals surface area contributed by atoms with Crippen LogP contribution in [-0.4, -0.2) is 36.6 Å². The minimum Gasteiger partial charge on any atom is -0.383 e. The van der Waals surface area contributed by atoms with E-state index in [0.717, 1.165) is 10.6 Å². The number of hydrogen-bond donors (Lipinski definition) is 3. The number of hydrazone groups is 1. The van der Waals surface area contributed by atoms with E-state index < -0.39 is 0 Å². The summed E-state index contributed by atoms with van der Waals surface area (Å²) in [6.07, 6.45) is 1.58. The molecule has 0 aliphatic rings. The lowest BCUT2D eigenvalue weighted by molar-refractivity contribution is 0.204. The SMILES string of the molecule is COCCNC(=S)N/N=C/c1sc(Nc2ccccc2)nc1Cl. The molecule has 122 valence electrons. The maximum atomic E-state index is 6.10. The molecule has 2 rings (SSSR count). The van der Waals surface area contributed by atoms with Crippen LogP contribution in [0.25, 0.3) is 0 Å². The molecule has 0 spiro atoms. The summed E-state index contributed by atoms with van der Waals surface area (Å²) in [4.78, 5) is 4.99. The van der Waals surface area contributed by atoms with E-state index in [2.05, 4.69) is 26.1 Å². The zero-order chi connectivity index (χ0) is 16.5. The molecule has 1 aromatic carbocycles. The number of thiazole rings is 1. The van der Waals surface area contributed by atoms with Crippen molar-refractivity contribution in [2.24, 2.45) is 5.10 Å². The highest BCUT2D eigenvalue weighted by Gasteiger charge is 2.07. The second-order valence-corrected chi connectivity index (χ2v) is 6.08. The summed E-state index contributed by atoms with van der Waals surface area (Å²) >= 11 is 12.6. The molecule has 0 saturated carbocycles. The first-order chi connectivity index (χ1) is 11.2. The summed E-state index contributed by atoms with van der Waals surface area (Å²) in [6, 6.07) is 9.75. The first kappa shape index (κ1) is 17.6. The molecule has 0 unspecified atom stereocenters. The van der Waals surface area contributed by atoms with Gasteiger partial charge in [0.15, 0.2) is 15.4 Å². The molecule has 0 saturated heterocycles. The number of aromatic nitrogens is 1. The van der Waals surface area contributed by atoms with Crippen molar-refractivity contribution in [3.63, 3.8) is 0 Å². The van der Waals surface area contributed by atoms with Crippen LogP contribution in [0, 0.1) is 0 Å². The van der Waals surface area contributed by atoms with Gasteiger partial charge in [0.05, 0.1) is 17.7 Å². The van der Waals surface area contributed by atoms with Gasteiger partial charge in [-0.2, -0.15) is 5.10 Å². The predicted molar refractivity (Wildman–Crippen MR) is 100 cm³/mol. The van der Waals surface area contributed by atoms with Gasteiger partial charge >= 0.3 is 0 Å². The molecule has 1 aromatic heterocycles. The van der Waals surface area contributed by atoms with E-state index in [4.69, 9.17) is 28.6 Å². The van der Waals surface area contributed by atoms with Crippen molar-refractivity contribution in [1.82, 2.24) is 15.7 Å². The van der Waals surface area contributed by atoms with Gasteiger partial charge in [-0.05, 0) is 24.4 Å². The minimum atomic E-state index is 0.386. The fourth-order valence-corrected chi connectivity index (χ4v) is 2.75. The third-order valence-corrected chi connectivity index (χ3v) is 4.12. The molecule has 0 amide bonds. The van der Waals surface area contributed by atoms with Crippen molar-refractivity contribution in [2.45, 2.75) is 0 Å². The van der Waals surface area contributed by atoms with Crippen molar-refractivity contribution >= 4 is 57.3 Å². The molecule has 6 nitrogen and oxygen atoms in total. The van der Waals surface area contributed by atoms with Crippen LogP contribution in [0.3, 0.4) is 0 Å². The Kier molecular flexibility index (Phi) is 7.21. The predicted octanol–water partition coefficient (Wildman–Crippen LogP) is 2.98. The highest BCUT2D eigenvalue weighted by Crippen LogP contribution is 2.27. The number of halogens is 1. The molecule has 0 radical (unpaired) electrons. The summed E-state index contributed by atoms with van der Waals surface area (Å²) in [6.45, 7) is 1.19. The molecule has 0 atom stereocenters. The molecule has 0 fully saturated rings. The second-order valence-electron chi connectivity index (χ2n) is 4.28. The van der Waals surface area contributed by atoms with Gasteiger partial charge in [-0.3, -0.25) is 5.43 Å². The Bertz CT molecular complexity index is 662. The molecular weight excluding hydrogens is 354 g/mol. The molecule has 0 aliphatic carbocycles. The molecule has 3 N–H and O–H groups in total. The lowest BCUT2D eigenvalue weighted by atomic mass is 10.3. The average Bonchev–Trinajstić information content (AvgIpc) is 2.88. The summed E-state index contributed by atoms with van der Waals surface area (Å²) < 4.78 is 4.91. The average molecular weight is 370 g/mol. The van der Waals surface area contributed by atoms with E-state index in [1.165, 1.54) is 11.3 Å². The van der Waals surface area contributed by atoms with Crippen LogP contribution in [0.15, 0.2) is 35.4 Å². The number of thiocarbonyl (C=S) groups is 1. The van der Waals surface area contributed by atoms with Gasteiger partial charge in [0.2, 0.25) is 0 Å². The van der Waals surface area contributed by atoms with Crippen LogP contribution >= 0.6 is 35.2 Å². The largest absolute Gasteiger partial charge is 0.383 e. The third-order valence-electron chi connectivity index (χ3n) is 2.57. The second kappa shape index (κ2) is 9.41. The Hall–Kier alpha value is -1.74. The molecular formula is C14H16ClN5OS2. The van der Waals surface area contributed by atoms with E-state index in [-0.39, 0.29) is 0 Å². The number of methoxy groups -OCH3 is 1. The monoisotopic (exact) mass is 369 g/mol. The highest BCUT2D eigenvalue weighted by atomic mass is 35.5. The summed E-state index contributed by atoms with van der Waals surface area (Å²) in [5.41, 5.74) is 3.66. The Morgan fingerprint density at radius 1 is 1.43 bits per heavy atom. The van der Waals surface area contributed by atoms with Crippen LogP contribution < -0.4 is 16.1 Å². The summed E-state index contributed by atoms with van der Waals surface area (Å²) in [7, 11) is 1.63. The standard InChI is InChI=1S/C14H16ClN5OS2/c1-21-8-7-16-13(22)20-17-9-11-12(15)19-14(23-11)18-10-5-3-2-4-6-10/h2-6,9H,7-8H2,1H3,(H,18,19)(H2,16,20,22)/b17-9+. The summed E-state index contributed by atoms with van der Waals surface area (Å²) in [5.74, 6) is 0. The van der Waals surface area contributed by atoms with E-state index in [1.807, 2.05) is 30.3 Å². The molecule has 0 bridgehead atoms. The van der Waals surface area contributed by atoms with Gasteiger partial charge in [-0.15, -0.1) is 0 Å². The first-order valence-electron chi connectivity index (χ1n) is 6.73. The van der Waals surface area contributed by atoms with E-state index in [0.29, 0.717) is 28.5 Å². The Morgan fingerprint density at radius 3 is 2.96 bits per heavy atom. The summed E-state index contributed by atoms with van der Waals surface area (Å²) in [5, 5.41) is 11.7. The van der Waals surface area contributed by atoms with Gasteiger partial charge in [0.25, 0.3) is 0 Å². The number of benzene rings is 1. The highest BCUT2D eigenvalue weighted by molar-refractivity contribution is 7.80. The minimum absolute atomic E-state index is 0.386. The molecule has 2 aromatic rings. The van der Waals surface area contributed by atoms with Crippen molar-refractivity contribution in [3.8, 4) is 0 Å². The van der Waals surface area contributed by atoms with Gasteiger partial charge in [-0.25, -0.2) is 4.98 Å². The van der Waals surface area contributed by atoms with Gasteiger partial charge in [-0.1, -0.05) is 41.1 Å². The van der Waals surface area contributed by atoms with Crippen LogP contribution in [0.4, 0.5) is 10.8 Å². The van der Waals surface area contributed by atoms with Crippen LogP contribution in [0.5, 0.6) is 0 Å². The maximum absolute atomic E-state index is 6.10.